The Hall–Kier alpha value is -2.84. The van der Waals surface area contributed by atoms with Crippen molar-refractivity contribution in [1.29, 1.82) is 0 Å². The van der Waals surface area contributed by atoms with E-state index in [1.165, 1.54) is 12.7 Å². The molecule has 3 aromatic heterocycles. The van der Waals surface area contributed by atoms with Gasteiger partial charge in [-0.1, -0.05) is 23.2 Å². The summed E-state index contributed by atoms with van der Waals surface area (Å²) in [5.74, 6) is 1.67. The third kappa shape index (κ3) is 3.04. The van der Waals surface area contributed by atoms with E-state index in [4.69, 9.17) is 23.2 Å². The Morgan fingerprint density at radius 3 is 2.62 bits per heavy atom. The monoisotopic (exact) mass is 386 g/mol. The second-order valence-electron chi connectivity index (χ2n) is 5.45. The average Bonchev–Trinajstić information content (AvgIpc) is 3.13. The molecule has 4 aromatic rings. The molecule has 130 valence electrons. The van der Waals surface area contributed by atoms with Gasteiger partial charge < -0.3 is 5.32 Å². The number of fused-ring (bicyclic) bond motifs is 1. The number of hydrogen-bond donors (Lipinski definition) is 1. The summed E-state index contributed by atoms with van der Waals surface area (Å²) in [7, 11) is 0. The molecule has 0 saturated carbocycles. The molecule has 0 bridgehead atoms. The van der Waals surface area contributed by atoms with E-state index in [1.54, 1.807) is 35.3 Å². The maximum Gasteiger partial charge on any atom is 0.252 e. The Labute approximate surface area is 158 Å². The Kier molecular flexibility index (Phi) is 4.36. The third-order valence-corrected chi connectivity index (χ3v) is 4.22. The molecular formula is C16H12Cl2N8. The number of rotatable bonds is 4. The highest BCUT2D eigenvalue weighted by molar-refractivity contribution is 6.38. The number of nitrogens with zero attached hydrogens (tertiary/aromatic N) is 7. The van der Waals surface area contributed by atoms with Crippen LogP contribution in [0.3, 0.4) is 0 Å². The lowest BCUT2D eigenvalue weighted by Gasteiger charge is -2.16. The van der Waals surface area contributed by atoms with Crippen LogP contribution >= 0.6 is 23.2 Å². The molecule has 8 nitrogen and oxygen atoms in total. The minimum Gasteiger partial charge on any atom is -0.360 e. The quantitative estimate of drug-likeness (QED) is 0.573. The van der Waals surface area contributed by atoms with Gasteiger partial charge in [0.15, 0.2) is 5.82 Å². The van der Waals surface area contributed by atoms with E-state index >= 15 is 0 Å². The van der Waals surface area contributed by atoms with Crippen LogP contribution in [0.25, 0.3) is 16.9 Å². The van der Waals surface area contributed by atoms with Gasteiger partial charge in [0.25, 0.3) is 5.95 Å². The van der Waals surface area contributed by atoms with Crippen LogP contribution in [0.15, 0.2) is 43.2 Å². The summed E-state index contributed by atoms with van der Waals surface area (Å²) in [4.78, 5) is 21.3. The molecule has 3 heterocycles. The normalized spacial score (nSPS) is 12.3. The van der Waals surface area contributed by atoms with Gasteiger partial charge in [-0.05, 0) is 25.1 Å². The summed E-state index contributed by atoms with van der Waals surface area (Å²) in [5, 5.41) is 9.20. The van der Waals surface area contributed by atoms with E-state index in [1.807, 2.05) is 6.92 Å². The number of halogens is 2. The highest BCUT2D eigenvalue weighted by atomic mass is 35.5. The molecule has 0 aliphatic carbocycles. The molecule has 1 atom stereocenters. The summed E-state index contributed by atoms with van der Waals surface area (Å²) < 4.78 is 1.57. The first kappa shape index (κ1) is 16.6. The molecule has 0 amide bonds. The van der Waals surface area contributed by atoms with Crippen molar-refractivity contribution in [2.45, 2.75) is 13.0 Å². The molecule has 0 fully saturated rings. The first-order valence-electron chi connectivity index (χ1n) is 7.67. The number of nitrogens with one attached hydrogen (secondary N) is 1. The maximum absolute atomic E-state index is 6.23. The first-order valence-corrected chi connectivity index (χ1v) is 8.42. The van der Waals surface area contributed by atoms with Crippen LogP contribution in [0, 0.1) is 0 Å². The molecule has 1 unspecified atom stereocenters. The predicted octanol–water partition coefficient (Wildman–Crippen LogP) is 3.48. The molecule has 1 N–H and O–H groups in total. The van der Waals surface area contributed by atoms with Crippen LogP contribution in [-0.2, 0) is 0 Å². The summed E-state index contributed by atoms with van der Waals surface area (Å²) in [6.07, 6.45) is 6.19. The minimum atomic E-state index is -0.239. The lowest BCUT2D eigenvalue weighted by Crippen LogP contribution is -2.16. The third-order valence-electron chi connectivity index (χ3n) is 3.71. The van der Waals surface area contributed by atoms with Gasteiger partial charge in [-0.2, -0.15) is 9.78 Å². The number of benzene rings is 1. The highest BCUT2D eigenvalue weighted by Gasteiger charge is 2.18. The molecule has 4 rings (SSSR count). The second kappa shape index (κ2) is 6.81. The van der Waals surface area contributed by atoms with E-state index < -0.39 is 0 Å². The SMILES string of the molecule is CC(Nc1ncnc2c(Cl)cc(Cl)cc12)c1ncnn1-c1ncccn1. The fraction of sp³-hybridized carbons (Fsp3) is 0.125. The van der Waals surface area contributed by atoms with E-state index in [-0.39, 0.29) is 6.04 Å². The zero-order valence-electron chi connectivity index (χ0n) is 13.5. The van der Waals surface area contributed by atoms with E-state index in [9.17, 15) is 0 Å². The van der Waals surface area contributed by atoms with Gasteiger partial charge in [-0.25, -0.2) is 24.9 Å². The molecule has 0 radical (unpaired) electrons. The Morgan fingerprint density at radius 1 is 1.00 bits per heavy atom. The second-order valence-corrected chi connectivity index (χ2v) is 6.29. The minimum absolute atomic E-state index is 0.239. The van der Waals surface area contributed by atoms with Gasteiger partial charge in [0.1, 0.15) is 18.5 Å². The Balaban J connectivity index is 1.71. The van der Waals surface area contributed by atoms with Crippen LogP contribution in [0.4, 0.5) is 5.82 Å². The summed E-state index contributed by atoms with van der Waals surface area (Å²) >= 11 is 12.4. The van der Waals surface area contributed by atoms with Gasteiger partial charge in [0, 0.05) is 22.8 Å². The molecule has 10 heteroatoms. The average molecular weight is 387 g/mol. The Bertz CT molecular complexity index is 1070. The molecule has 0 saturated heterocycles. The summed E-state index contributed by atoms with van der Waals surface area (Å²) in [5.41, 5.74) is 0.619. The molecule has 26 heavy (non-hydrogen) atoms. The lowest BCUT2D eigenvalue weighted by molar-refractivity contribution is 0.694. The van der Waals surface area contributed by atoms with Gasteiger partial charge in [-0.15, -0.1) is 0 Å². The zero-order chi connectivity index (χ0) is 18.1. The molecule has 0 aliphatic rings. The highest BCUT2D eigenvalue weighted by Crippen LogP contribution is 2.31. The van der Waals surface area contributed by atoms with Crippen molar-refractivity contribution >= 4 is 39.9 Å². The van der Waals surface area contributed by atoms with Gasteiger partial charge in [0.05, 0.1) is 16.6 Å². The van der Waals surface area contributed by atoms with Crippen molar-refractivity contribution in [3.63, 3.8) is 0 Å². The molecule has 1 aromatic carbocycles. The molecule has 0 spiro atoms. The number of anilines is 1. The molecular weight excluding hydrogens is 375 g/mol. The fourth-order valence-electron chi connectivity index (χ4n) is 2.58. The topological polar surface area (TPSA) is 94.3 Å². The summed E-state index contributed by atoms with van der Waals surface area (Å²) in [6, 6.07) is 4.91. The maximum atomic E-state index is 6.23. The Morgan fingerprint density at radius 2 is 1.81 bits per heavy atom. The van der Waals surface area contributed by atoms with Crippen LogP contribution < -0.4 is 5.32 Å². The number of aromatic nitrogens is 7. The largest absolute Gasteiger partial charge is 0.360 e. The van der Waals surface area contributed by atoms with Crippen LogP contribution in [0.1, 0.15) is 18.8 Å². The first-order chi connectivity index (χ1) is 12.6. The van der Waals surface area contributed by atoms with Gasteiger partial charge in [-0.3, -0.25) is 0 Å². The van der Waals surface area contributed by atoms with E-state index in [0.717, 1.165) is 5.39 Å². The smallest absolute Gasteiger partial charge is 0.252 e. The summed E-state index contributed by atoms with van der Waals surface area (Å²) in [6.45, 7) is 1.93. The van der Waals surface area contributed by atoms with Crippen molar-refractivity contribution in [3.05, 3.63) is 59.1 Å². The zero-order valence-corrected chi connectivity index (χ0v) is 15.0. The number of hydrogen-bond acceptors (Lipinski definition) is 7. The van der Waals surface area contributed by atoms with Crippen molar-refractivity contribution in [2.24, 2.45) is 0 Å². The van der Waals surface area contributed by atoms with Crippen molar-refractivity contribution in [1.82, 2.24) is 34.7 Å². The van der Waals surface area contributed by atoms with E-state index in [2.05, 4.69) is 35.3 Å². The standard InChI is InChI=1S/C16H12Cl2N8/c1-9(15-23-8-24-26(15)16-19-3-2-4-20-16)25-14-11-5-10(17)6-12(18)13(11)21-7-22-14/h2-9H,1H3,(H,21,22,25). The van der Waals surface area contributed by atoms with Crippen molar-refractivity contribution in [2.75, 3.05) is 5.32 Å². The van der Waals surface area contributed by atoms with Crippen LogP contribution in [0.2, 0.25) is 10.0 Å². The predicted molar refractivity (Wildman–Crippen MR) is 98.5 cm³/mol. The fourth-order valence-corrected chi connectivity index (χ4v) is 3.12. The van der Waals surface area contributed by atoms with E-state index in [0.29, 0.717) is 33.2 Å². The van der Waals surface area contributed by atoms with Crippen LogP contribution in [-0.4, -0.2) is 34.7 Å². The van der Waals surface area contributed by atoms with Gasteiger partial charge in [0.2, 0.25) is 0 Å². The van der Waals surface area contributed by atoms with Gasteiger partial charge >= 0.3 is 0 Å². The molecule has 0 aliphatic heterocycles. The lowest BCUT2D eigenvalue weighted by atomic mass is 10.2. The van der Waals surface area contributed by atoms with Crippen molar-refractivity contribution < 1.29 is 0 Å². The van der Waals surface area contributed by atoms with Crippen molar-refractivity contribution in [3.8, 4) is 5.95 Å². The van der Waals surface area contributed by atoms with Crippen LogP contribution in [0.5, 0.6) is 0 Å².